The minimum absolute atomic E-state index is 0.0838. The number of hydrogen-bond donors (Lipinski definition) is 0. The average Bonchev–Trinajstić information content (AvgIpc) is 3.31. The monoisotopic (exact) mass is 361 g/mol. The number of rotatable bonds is 4. The largest absolute Gasteiger partial charge is 0.331 e. The molecule has 0 aromatic heterocycles. The van der Waals surface area contributed by atoms with Gasteiger partial charge in [0.05, 0.1) is 0 Å². The highest BCUT2D eigenvalue weighted by Crippen LogP contribution is 2.31. The smallest absolute Gasteiger partial charge is 0.254 e. The lowest BCUT2D eigenvalue weighted by Gasteiger charge is -2.23. The fraction of sp³-hybridized carbons (Fsp3) is 0.278. The number of hydrogen-bond acceptors (Lipinski definition) is 1. The first-order valence-electron chi connectivity index (χ1n) is 7.36. The molecule has 0 saturated heterocycles. The highest BCUT2D eigenvalue weighted by Gasteiger charge is 2.33. The first-order chi connectivity index (χ1) is 10.5. The van der Waals surface area contributed by atoms with Crippen molar-refractivity contribution in [1.82, 2.24) is 4.90 Å². The Balaban J connectivity index is 1.88. The van der Waals surface area contributed by atoms with Crippen LogP contribution in [-0.2, 0) is 6.54 Å². The zero-order chi connectivity index (χ0) is 15.7. The van der Waals surface area contributed by atoms with E-state index in [9.17, 15) is 9.18 Å². The number of halogens is 2. The summed E-state index contributed by atoms with van der Waals surface area (Å²) in [6.45, 7) is 2.40. The minimum atomic E-state index is -0.368. The number of aryl methyl sites for hydroxylation is 1. The van der Waals surface area contributed by atoms with Crippen LogP contribution in [0.1, 0.15) is 34.3 Å². The summed E-state index contributed by atoms with van der Waals surface area (Å²) in [5.74, 6) is -0.452. The summed E-state index contributed by atoms with van der Waals surface area (Å²) < 4.78 is 14.5. The molecule has 0 bridgehead atoms. The molecule has 2 aromatic carbocycles. The number of carbonyl (C=O) groups excluding carboxylic acids is 1. The van der Waals surface area contributed by atoms with Gasteiger partial charge in [0.1, 0.15) is 5.82 Å². The quantitative estimate of drug-likeness (QED) is 0.772. The number of benzene rings is 2. The Labute approximate surface area is 138 Å². The molecule has 0 aliphatic heterocycles. The van der Waals surface area contributed by atoms with Crippen molar-refractivity contribution in [3.63, 3.8) is 0 Å². The van der Waals surface area contributed by atoms with Crippen molar-refractivity contribution in [3.05, 3.63) is 69.4 Å². The average molecular weight is 362 g/mol. The van der Waals surface area contributed by atoms with Crippen molar-refractivity contribution in [2.75, 3.05) is 0 Å². The van der Waals surface area contributed by atoms with Crippen LogP contribution in [0.2, 0.25) is 0 Å². The summed E-state index contributed by atoms with van der Waals surface area (Å²) in [4.78, 5) is 14.7. The molecular weight excluding hydrogens is 345 g/mol. The van der Waals surface area contributed by atoms with Crippen LogP contribution in [0, 0.1) is 12.7 Å². The lowest BCUT2D eigenvalue weighted by molar-refractivity contribution is 0.0728. The molecule has 0 unspecified atom stereocenters. The maximum atomic E-state index is 13.5. The van der Waals surface area contributed by atoms with Crippen LogP contribution >= 0.6 is 15.9 Å². The van der Waals surface area contributed by atoms with Crippen molar-refractivity contribution >= 4 is 21.8 Å². The highest BCUT2D eigenvalue weighted by molar-refractivity contribution is 9.10. The van der Waals surface area contributed by atoms with Crippen LogP contribution in [0.25, 0.3) is 0 Å². The molecule has 114 valence electrons. The van der Waals surface area contributed by atoms with Gasteiger partial charge in [0, 0.05) is 22.6 Å². The topological polar surface area (TPSA) is 20.3 Å². The first kappa shape index (κ1) is 15.2. The lowest BCUT2D eigenvalue weighted by atomic mass is 10.1. The summed E-state index contributed by atoms with van der Waals surface area (Å²) in [6, 6.07) is 12.6. The molecule has 1 amide bonds. The molecule has 1 saturated carbocycles. The summed E-state index contributed by atoms with van der Waals surface area (Å²) in [5.41, 5.74) is 2.34. The molecule has 0 N–H and O–H groups in total. The van der Waals surface area contributed by atoms with Crippen molar-refractivity contribution in [2.24, 2.45) is 0 Å². The SMILES string of the molecule is Cc1ccc(F)cc1C(=O)N(Cc1cccc(Br)c1)C1CC1. The van der Waals surface area contributed by atoms with Gasteiger partial charge in [-0.2, -0.15) is 0 Å². The molecular formula is C18H17BrFNO. The van der Waals surface area contributed by atoms with E-state index in [0.717, 1.165) is 28.4 Å². The van der Waals surface area contributed by atoms with Crippen LogP contribution < -0.4 is 0 Å². The van der Waals surface area contributed by atoms with Crippen LogP contribution in [0.3, 0.4) is 0 Å². The fourth-order valence-electron chi connectivity index (χ4n) is 2.56. The van der Waals surface area contributed by atoms with Gasteiger partial charge in [0.2, 0.25) is 0 Å². The zero-order valence-electron chi connectivity index (χ0n) is 12.4. The van der Waals surface area contributed by atoms with E-state index < -0.39 is 0 Å². The Morgan fingerprint density at radius 3 is 2.73 bits per heavy atom. The van der Waals surface area contributed by atoms with Gasteiger partial charge >= 0.3 is 0 Å². The van der Waals surface area contributed by atoms with E-state index in [1.807, 2.05) is 36.1 Å². The van der Waals surface area contributed by atoms with Gasteiger partial charge in [-0.1, -0.05) is 34.1 Å². The van der Waals surface area contributed by atoms with Crippen molar-refractivity contribution in [1.29, 1.82) is 0 Å². The van der Waals surface area contributed by atoms with E-state index >= 15 is 0 Å². The summed E-state index contributed by atoms with van der Waals surface area (Å²) in [7, 11) is 0. The summed E-state index contributed by atoms with van der Waals surface area (Å²) in [6.07, 6.45) is 2.04. The predicted octanol–water partition coefficient (Wildman–Crippen LogP) is 4.70. The van der Waals surface area contributed by atoms with Crippen LogP contribution in [0.4, 0.5) is 4.39 Å². The first-order valence-corrected chi connectivity index (χ1v) is 8.15. The molecule has 1 aliphatic carbocycles. The van der Waals surface area contributed by atoms with E-state index in [4.69, 9.17) is 0 Å². The molecule has 0 heterocycles. The Morgan fingerprint density at radius 1 is 1.27 bits per heavy atom. The maximum absolute atomic E-state index is 13.5. The third-order valence-electron chi connectivity index (χ3n) is 3.92. The van der Waals surface area contributed by atoms with Crippen LogP contribution in [-0.4, -0.2) is 16.8 Å². The van der Waals surface area contributed by atoms with Crippen LogP contribution in [0.15, 0.2) is 46.9 Å². The van der Waals surface area contributed by atoms with E-state index in [1.54, 1.807) is 6.07 Å². The number of nitrogens with zero attached hydrogens (tertiary/aromatic N) is 1. The standard InChI is InChI=1S/C18H17BrFNO/c1-12-5-6-15(20)10-17(12)18(22)21(16-7-8-16)11-13-3-2-4-14(19)9-13/h2-6,9-10,16H,7-8,11H2,1H3. The molecule has 0 atom stereocenters. The highest BCUT2D eigenvalue weighted by atomic mass is 79.9. The Kier molecular flexibility index (Phi) is 4.30. The molecule has 3 rings (SSSR count). The summed E-state index contributed by atoms with van der Waals surface area (Å²) in [5, 5.41) is 0. The van der Waals surface area contributed by atoms with E-state index in [-0.39, 0.29) is 17.8 Å². The predicted molar refractivity (Wildman–Crippen MR) is 88.2 cm³/mol. The number of carbonyl (C=O) groups is 1. The zero-order valence-corrected chi connectivity index (χ0v) is 13.9. The molecule has 2 nitrogen and oxygen atoms in total. The molecule has 22 heavy (non-hydrogen) atoms. The molecule has 2 aromatic rings. The van der Waals surface area contributed by atoms with Crippen molar-refractivity contribution < 1.29 is 9.18 Å². The third-order valence-corrected chi connectivity index (χ3v) is 4.41. The number of amides is 1. The molecule has 4 heteroatoms. The van der Waals surface area contributed by atoms with Gasteiger partial charge in [-0.3, -0.25) is 4.79 Å². The molecule has 0 radical (unpaired) electrons. The van der Waals surface area contributed by atoms with E-state index in [0.29, 0.717) is 12.1 Å². The van der Waals surface area contributed by atoms with Crippen molar-refractivity contribution in [3.8, 4) is 0 Å². The van der Waals surface area contributed by atoms with Gasteiger partial charge in [-0.15, -0.1) is 0 Å². The van der Waals surface area contributed by atoms with E-state index in [1.165, 1.54) is 12.1 Å². The summed E-state index contributed by atoms with van der Waals surface area (Å²) >= 11 is 3.45. The van der Waals surface area contributed by atoms with Gasteiger partial charge in [-0.25, -0.2) is 4.39 Å². The van der Waals surface area contributed by atoms with Gasteiger partial charge in [0.15, 0.2) is 0 Å². The fourth-order valence-corrected chi connectivity index (χ4v) is 3.01. The second-order valence-electron chi connectivity index (χ2n) is 5.75. The molecule has 0 spiro atoms. The Bertz CT molecular complexity index is 712. The van der Waals surface area contributed by atoms with E-state index in [2.05, 4.69) is 15.9 Å². The normalized spacial score (nSPS) is 14.0. The lowest BCUT2D eigenvalue weighted by Crippen LogP contribution is -2.33. The third kappa shape index (κ3) is 3.38. The van der Waals surface area contributed by atoms with Gasteiger partial charge in [-0.05, 0) is 55.2 Å². The minimum Gasteiger partial charge on any atom is -0.331 e. The van der Waals surface area contributed by atoms with Gasteiger partial charge in [0.25, 0.3) is 5.91 Å². The second-order valence-corrected chi connectivity index (χ2v) is 6.67. The molecule has 1 fully saturated rings. The maximum Gasteiger partial charge on any atom is 0.254 e. The Hall–Kier alpha value is -1.68. The Morgan fingerprint density at radius 2 is 2.05 bits per heavy atom. The van der Waals surface area contributed by atoms with Gasteiger partial charge < -0.3 is 4.90 Å². The second kappa shape index (κ2) is 6.21. The molecule has 1 aliphatic rings. The van der Waals surface area contributed by atoms with Crippen molar-refractivity contribution in [2.45, 2.75) is 32.4 Å². The van der Waals surface area contributed by atoms with Crippen LogP contribution in [0.5, 0.6) is 0 Å².